The van der Waals surface area contributed by atoms with E-state index in [-0.39, 0.29) is 5.56 Å². The molecule has 1 N–H and O–H groups in total. The number of hydrogen-bond donors (Lipinski definition) is 1. The van der Waals surface area contributed by atoms with Crippen LogP contribution in [0.5, 0.6) is 5.75 Å². The molecule has 4 heteroatoms. The predicted octanol–water partition coefficient (Wildman–Crippen LogP) is 5.03. The van der Waals surface area contributed by atoms with Crippen LogP contribution in [-0.4, -0.2) is 6.61 Å². The highest BCUT2D eigenvalue weighted by Crippen LogP contribution is 2.20. The lowest BCUT2D eigenvalue weighted by atomic mass is 10.1. The minimum atomic E-state index is -2.42. The SMILES string of the molecule is CCCOc1cccc(NCc2ccc(C(F)F)cc2)c1. The molecule has 0 aromatic heterocycles. The highest BCUT2D eigenvalue weighted by atomic mass is 19.3. The van der Waals surface area contributed by atoms with Crippen LogP contribution in [0.3, 0.4) is 0 Å². The van der Waals surface area contributed by atoms with Gasteiger partial charge in [0, 0.05) is 23.9 Å². The molecule has 0 spiro atoms. The number of nitrogens with one attached hydrogen (secondary N) is 1. The quantitative estimate of drug-likeness (QED) is 0.773. The Morgan fingerprint density at radius 3 is 2.52 bits per heavy atom. The van der Waals surface area contributed by atoms with E-state index < -0.39 is 6.43 Å². The van der Waals surface area contributed by atoms with Crippen molar-refractivity contribution < 1.29 is 13.5 Å². The number of anilines is 1. The first-order valence-corrected chi connectivity index (χ1v) is 7.02. The van der Waals surface area contributed by atoms with Crippen LogP contribution in [0.4, 0.5) is 14.5 Å². The van der Waals surface area contributed by atoms with E-state index in [9.17, 15) is 8.78 Å². The fourth-order valence-corrected chi connectivity index (χ4v) is 1.90. The van der Waals surface area contributed by atoms with Crippen LogP contribution in [-0.2, 0) is 6.54 Å². The van der Waals surface area contributed by atoms with E-state index in [2.05, 4.69) is 12.2 Å². The van der Waals surface area contributed by atoms with Gasteiger partial charge in [-0.2, -0.15) is 0 Å². The van der Waals surface area contributed by atoms with Crippen molar-refractivity contribution in [3.8, 4) is 5.75 Å². The molecule has 0 saturated heterocycles. The van der Waals surface area contributed by atoms with E-state index in [1.54, 1.807) is 12.1 Å². The van der Waals surface area contributed by atoms with E-state index in [4.69, 9.17) is 4.74 Å². The molecule has 21 heavy (non-hydrogen) atoms. The van der Waals surface area contributed by atoms with E-state index in [0.29, 0.717) is 13.2 Å². The molecule has 0 atom stereocenters. The van der Waals surface area contributed by atoms with Gasteiger partial charge < -0.3 is 10.1 Å². The molecule has 0 aliphatic carbocycles. The molecule has 0 aliphatic rings. The van der Waals surface area contributed by atoms with Gasteiger partial charge in [0.15, 0.2) is 0 Å². The molecule has 0 fully saturated rings. The summed E-state index contributed by atoms with van der Waals surface area (Å²) in [5.74, 6) is 0.829. The first-order chi connectivity index (χ1) is 10.2. The molecule has 0 amide bonds. The summed E-state index contributed by atoms with van der Waals surface area (Å²) < 4.78 is 30.5. The third-order valence-electron chi connectivity index (χ3n) is 3.04. The lowest BCUT2D eigenvalue weighted by Crippen LogP contribution is -2.00. The number of halogens is 2. The minimum Gasteiger partial charge on any atom is -0.494 e. The summed E-state index contributed by atoms with van der Waals surface area (Å²) in [7, 11) is 0. The summed E-state index contributed by atoms with van der Waals surface area (Å²) in [6.07, 6.45) is -1.45. The van der Waals surface area contributed by atoms with E-state index >= 15 is 0 Å². The second-order valence-electron chi connectivity index (χ2n) is 4.77. The third-order valence-corrected chi connectivity index (χ3v) is 3.04. The zero-order valence-corrected chi connectivity index (χ0v) is 12.0. The minimum absolute atomic E-state index is 0.0497. The topological polar surface area (TPSA) is 21.3 Å². The highest BCUT2D eigenvalue weighted by molar-refractivity contribution is 5.48. The van der Waals surface area contributed by atoms with Gasteiger partial charge in [0.2, 0.25) is 0 Å². The summed E-state index contributed by atoms with van der Waals surface area (Å²) in [4.78, 5) is 0. The fourth-order valence-electron chi connectivity index (χ4n) is 1.90. The van der Waals surface area contributed by atoms with Crippen LogP contribution in [0.15, 0.2) is 48.5 Å². The summed E-state index contributed by atoms with van der Waals surface area (Å²) in [6, 6.07) is 14.1. The fraction of sp³-hybridized carbons (Fsp3) is 0.294. The average molecular weight is 291 g/mol. The molecule has 2 aromatic carbocycles. The third kappa shape index (κ3) is 4.74. The summed E-state index contributed by atoms with van der Waals surface area (Å²) in [6.45, 7) is 3.34. The molecule has 2 nitrogen and oxygen atoms in total. The van der Waals surface area contributed by atoms with Crippen molar-refractivity contribution in [2.45, 2.75) is 26.3 Å². The van der Waals surface area contributed by atoms with E-state index in [1.165, 1.54) is 12.1 Å². The molecular formula is C17H19F2NO. The molecule has 0 unspecified atom stereocenters. The first kappa shape index (κ1) is 15.3. The Morgan fingerprint density at radius 2 is 1.86 bits per heavy atom. The Morgan fingerprint density at radius 1 is 1.10 bits per heavy atom. The molecule has 0 radical (unpaired) electrons. The van der Waals surface area contributed by atoms with E-state index in [1.807, 2.05) is 24.3 Å². The monoisotopic (exact) mass is 291 g/mol. The van der Waals surface area contributed by atoms with Gasteiger partial charge in [-0.15, -0.1) is 0 Å². The van der Waals surface area contributed by atoms with Gasteiger partial charge >= 0.3 is 0 Å². The van der Waals surface area contributed by atoms with Crippen LogP contribution in [0.1, 0.15) is 30.9 Å². The molecule has 2 aromatic rings. The largest absolute Gasteiger partial charge is 0.494 e. The van der Waals surface area contributed by atoms with E-state index in [0.717, 1.165) is 23.4 Å². The van der Waals surface area contributed by atoms with Crippen molar-refractivity contribution in [2.24, 2.45) is 0 Å². The summed E-state index contributed by atoms with van der Waals surface area (Å²) in [5, 5.41) is 3.26. The number of ether oxygens (including phenoxy) is 1. The lowest BCUT2D eigenvalue weighted by Gasteiger charge is -2.10. The molecule has 0 bridgehead atoms. The second kappa shape index (κ2) is 7.62. The Kier molecular flexibility index (Phi) is 5.55. The molecule has 0 saturated carbocycles. The summed E-state index contributed by atoms with van der Waals surface area (Å²) in [5.41, 5.74) is 1.95. The van der Waals surface area contributed by atoms with Gasteiger partial charge in [0.1, 0.15) is 5.75 Å². The Balaban J connectivity index is 1.93. The van der Waals surface area contributed by atoms with Crippen molar-refractivity contribution in [1.82, 2.24) is 0 Å². The Bertz CT molecular complexity index is 555. The van der Waals surface area contributed by atoms with Crippen molar-refractivity contribution in [2.75, 3.05) is 11.9 Å². The van der Waals surface area contributed by atoms with Gasteiger partial charge in [0.25, 0.3) is 6.43 Å². The molecular weight excluding hydrogens is 272 g/mol. The highest BCUT2D eigenvalue weighted by Gasteiger charge is 2.05. The molecule has 112 valence electrons. The van der Waals surface area contributed by atoms with Crippen LogP contribution in [0, 0.1) is 0 Å². The van der Waals surface area contributed by atoms with Gasteiger partial charge in [0.05, 0.1) is 6.61 Å². The standard InChI is InChI=1S/C17H19F2NO/c1-2-10-21-16-5-3-4-15(11-16)20-12-13-6-8-14(9-7-13)17(18)19/h3-9,11,17,20H,2,10,12H2,1H3. The Hall–Kier alpha value is -2.10. The number of alkyl halides is 2. The van der Waals surface area contributed by atoms with Crippen LogP contribution >= 0.6 is 0 Å². The van der Waals surface area contributed by atoms with Crippen molar-refractivity contribution >= 4 is 5.69 Å². The maximum atomic E-state index is 12.5. The maximum absolute atomic E-state index is 12.5. The molecule has 0 aliphatic heterocycles. The summed E-state index contributed by atoms with van der Waals surface area (Å²) >= 11 is 0. The van der Waals surface area contributed by atoms with Gasteiger partial charge in [-0.25, -0.2) is 8.78 Å². The average Bonchev–Trinajstić information content (AvgIpc) is 2.52. The number of rotatable bonds is 7. The Labute approximate surface area is 123 Å². The van der Waals surface area contributed by atoms with Crippen molar-refractivity contribution in [1.29, 1.82) is 0 Å². The van der Waals surface area contributed by atoms with Gasteiger partial charge in [-0.05, 0) is 24.1 Å². The first-order valence-electron chi connectivity index (χ1n) is 7.02. The smallest absolute Gasteiger partial charge is 0.263 e. The van der Waals surface area contributed by atoms with Crippen LogP contribution < -0.4 is 10.1 Å². The normalized spacial score (nSPS) is 10.7. The van der Waals surface area contributed by atoms with Crippen LogP contribution in [0.2, 0.25) is 0 Å². The maximum Gasteiger partial charge on any atom is 0.263 e. The van der Waals surface area contributed by atoms with Crippen molar-refractivity contribution in [3.05, 3.63) is 59.7 Å². The predicted molar refractivity (Wildman–Crippen MR) is 81.0 cm³/mol. The number of benzene rings is 2. The van der Waals surface area contributed by atoms with Gasteiger partial charge in [-0.1, -0.05) is 37.3 Å². The zero-order valence-electron chi connectivity index (χ0n) is 12.0. The van der Waals surface area contributed by atoms with Crippen LogP contribution in [0.25, 0.3) is 0 Å². The zero-order chi connectivity index (χ0) is 15.1. The number of hydrogen-bond acceptors (Lipinski definition) is 2. The molecule has 0 heterocycles. The lowest BCUT2D eigenvalue weighted by molar-refractivity contribution is 0.151. The van der Waals surface area contributed by atoms with Gasteiger partial charge in [-0.3, -0.25) is 0 Å². The second-order valence-corrected chi connectivity index (χ2v) is 4.77. The molecule has 2 rings (SSSR count). The van der Waals surface area contributed by atoms with Crippen molar-refractivity contribution in [3.63, 3.8) is 0 Å².